The van der Waals surface area contributed by atoms with E-state index in [0.717, 1.165) is 103 Å². The van der Waals surface area contributed by atoms with Gasteiger partial charge in [-0.15, -0.1) is 0 Å². The minimum Gasteiger partial charge on any atom is -0.367 e. The maximum atomic E-state index is 13.6. The number of carbonyl (C=O) groups is 2. The van der Waals surface area contributed by atoms with Crippen molar-refractivity contribution < 1.29 is 14.3 Å². The zero-order valence-corrected chi connectivity index (χ0v) is 20.8. The van der Waals surface area contributed by atoms with Crippen LogP contribution in [0.4, 0.5) is 0 Å². The molecule has 188 valence electrons. The Kier molecular flexibility index (Phi) is 8.41. The number of ether oxygens (including phenoxy) is 1. The van der Waals surface area contributed by atoms with Crippen molar-refractivity contribution in [1.82, 2.24) is 0 Å². The van der Waals surface area contributed by atoms with Crippen molar-refractivity contribution in [3.63, 3.8) is 0 Å². The van der Waals surface area contributed by atoms with Gasteiger partial charge in [-0.1, -0.05) is 77.0 Å². The van der Waals surface area contributed by atoms with Crippen LogP contribution in [-0.4, -0.2) is 23.0 Å². The fraction of sp³-hybridized carbons (Fsp3) is 0.929. The number of rotatable bonds is 8. The van der Waals surface area contributed by atoms with Crippen molar-refractivity contribution in [2.24, 2.45) is 35.1 Å². The third-order valence-electron chi connectivity index (χ3n) is 9.95. The molecule has 4 aliphatic carbocycles. The summed E-state index contributed by atoms with van der Waals surface area (Å²) in [6.07, 6.45) is 21.6. The van der Waals surface area contributed by atoms with Gasteiger partial charge in [0.25, 0.3) is 0 Å². The van der Waals surface area contributed by atoms with Crippen LogP contribution in [0.3, 0.4) is 0 Å². The number of hydrogen-bond donors (Lipinski definition) is 2. The fourth-order valence-corrected chi connectivity index (χ4v) is 8.31. The van der Waals surface area contributed by atoms with Gasteiger partial charge in [-0.05, 0) is 75.0 Å². The Morgan fingerprint density at radius 3 is 0.848 bits per heavy atom. The van der Waals surface area contributed by atoms with E-state index in [1.807, 2.05) is 0 Å². The minimum absolute atomic E-state index is 0.109. The van der Waals surface area contributed by atoms with Crippen LogP contribution in [0, 0.1) is 23.7 Å². The predicted octanol–water partition coefficient (Wildman–Crippen LogP) is 5.77. The average Bonchev–Trinajstić information content (AvgIpc) is 2.87. The van der Waals surface area contributed by atoms with Crippen molar-refractivity contribution in [3.05, 3.63) is 0 Å². The van der Waals surface area contributed by atoms with Crippen molar-refractivity contribution in [1.29, 1.82) is 0 Å². The van der Waals surface area contributed by atoms with E-state index in [0.29, 0.717) is 0 Å². The van der Waals surface area contributed by atoms with Gasteiger partial charge in [-0.2, -0.15) is 0 Å². The number of hydrogen-bond acceptors (Lipinski definition) is 3. The van der Waals surface area contributed by atoms with Crippen molar-refractivity contribution >= 4 is 11.8 Å². The zero-order chi connectivity index (χ0) is 23.3. The van der Waals surface area contributed by atoms with Gasteiger partial charge in [0.1, 0.15) is 0 Å². The van der Waals surface area contributed by atoms with Crippen LogP contribution in [0.2, 0.25) is 0 Å². The normalized spacial score (nSPS) is 25.7. The van der Waals surface area contributed by atoms with Gasteiger partial charge >= 0.3 is 0 Å². The number of carbonyl (C=O) groups excluding carboxylic acids is 2. The Morgan fingerprint density at radius 1 is 0.455 bits per heavy atom. The van der Waals surface area contributed by atoms with E-state index in [1.165, 1.54) is 25.7 Å². The number of amides is 2. The molecule has 4 saturated carbocycles. The maximum absolute atomic E-state index is 13.6. The molecule has 4 aliphatic rings. The monoisotopic (exact) mass is 460 g/mol. The Hall–Kier alpha value is -1.10. The molecule has 33 heavy (non-hydrogen) atoms. The lowest BCUT2D eigenvalue weighted by Gasteiger charge is -2.55. The van der Waals surface area contributed by atoms with Crippen molar-refractivity contribution in [2.75, 3.05) is 0 Å². The van der Waals surface area contributed by atoms with Crippen LogP contribution in [0.5, 0.6) is 0 Å². The van der Waals surface area contributed by atoms with Gasteiger partial charge in [-0.25, -0.2) is 0 Å². The lowest BCUT2D eigenvalue weighted by atomic mass is 9.62. The quantitative estimate of drug-likeness (QED) is 0.481. The fourth-order valence-electron chi connectivity index (χ4n) is 8.31. The summed E-state index contributed by atoms with van der Waals surface area (Å²) in [7, 11) is 0. The first kappa shape index (κ1) is 25.0. The second-order valence-electron chi connectivity index (χ2n) is 11.8. The molecular weight excluding hydrogens is 412 g/mol. The van der Waals surface area contributed by atoms with E-state index in [9.17, 15) is 9.59 Å². The molecule has 4 rings (SSSR count). The van der Waals surface area contributed by atoms with Gasteiger partial charge < -0.3 is 16.2 Å². The molecule has 5 nitrogen and oxygen atoms in total. The molecule has 5 heteroatoms. The van der Waals surface area contributed by atoms with E-state index < -0.39 is 11.2 Å². The Morgan fingerprint density at radius 2 is 0.667 bits per heavy atom. The topological polar surface area (TPSA) is 95.4 Å². The second kappa shape index (κ2) is 11.1. The molecular formula is C28H48N2O3. The highest BCUT2D eigenvalue weighted by molar-refractivity contribution is 5.88. The van der Waals surface area contributed by atoms with Crippen molar-refractivity contribution in [3.8, 4) is 0 Å². The van der Waals surface area contributed by atoms with Crippen molar-refractivity contribution in [2.45, 2.75) is 140 Å². The summed E-state index contributed by atoms with van der Waals surface area (Å²) in [5, 5.41) is 0. The van der Waals surface area contributed by atoms with Crippen LogP contribution in [0.15, 0.2) is 0 Å². The largest absolute Gasteiger partial charge is 0.367 e. The Labute approximate surface area is 201 Å². The molecule has 2 amide bonds. The highest BCUT2D eigenvalue weighted by atomic mass is 16.5. The third kappa shape index (κ3) is 4.86. The van der Waals surface area contributed by atoms with E-state index in [2.05, 4.69) is 0 Å². The molecule has 0 aliphatic heterocycles. The summed E-state index contributed by atoms with van der Waals surface area (Å²) in [6, 6.07) is 0. The highest BCUT2D eigenvalue weighted by Gasteiger charge is 2.61. The maximum Gasteiger partial charge on any atom is 0.250 e. The number of nitrogens with two attached hydrogens (primary N) is 2. The van der Waals surface area contributed by atoms with Gasteiger partial charge in [0.2, 0.25) is 11.8 Å². The predicted molar refractivity (Wildman–Crippen MR) is 131 cm³/mol. The molecule has 0 bridgehead atoms. The molecule has 0 saturated heterocycles. The van der Waals surface area contributed by atoms with Crippen LogP contribution in [0.1, 0.15) is 128 Å². The molecule has 0 unspecified atom stereocenters. The van der Waals surface area contributed by atoms with E-state index in [-0.39, 0.29) is 35.5 Å². The van der Waals surface area contributed by atoms with Crippen LogP contribution >= 0.6 is 0 Å². The van der Waals surface area contributed by atoms with E-state index in [1.54, 1.807) is 0 Å². The molecule has 4 fully saturated rings. The SMILES string of the molecule is NC(=O)C(OC(C(N)=O)(C1CCCCC1)C1CCCCC1)(C1CCCCC1)C1CCCCC1. The lowest BCUT2D eigenvalue weighted by Crippen LogP contribution is -2.68. The Balaban J connectivity index is 1.81. The average molecular weight is 461 g/mol. The van der Waals surface area contributed by atoms with E-state index >= 15 is 0 Å². The summed E-state index contributed by atoms with van der Waals surface area (Å²) in [5.41, 5.74) is 10.7. The first-order chi connectivity index (χ1) is 16.0. The first-order valence-electron chi connectivity index (χ1n) is 14.3. The lowest BCUT2D eigenvalue weighted by molar-refractivity contribution is -0.244. The first-order valence-corrected chi connectivity index (χ1v) is 14.3. The van der Waals surface area contributed by atoms with Crippen LogP contribution < -0.4 is 11.5 Å². The molecule has 0 radical (unpaired) electrons. The number of primary amides is 2. The molecule has 0 aromatic rings. The van der Waals surface area contributed by atoms with Gasteiger partial charge in [0.05, 0.1) is 0 Å². The summed E-state index contributed by atoms with van der Waals surface area (Å²) in [6.45, 7) is 0. The zero-order valence-electron chi connectivity index (χ0n) is 20.8. The minimum atomic E-state index is -1.05. The standard InChI is InChI=1S/C28H48N2O3/c29-25(31)27(21-13-5-1-6-14-21,22-15-7-2-8-16-22)33-28(26(30)32,23-17-9-3-10-18-23)24-19-11-4-12-20-24/h21-24H,1-20H2,(H2,29,31)(H2,30,32). The third-order valence-corrected chi connectivity index (χ3v) is 9.95. The smallest absolute Gasteiger partial charge is 0.250 e. The highest BCUT2D eigenvalue weighted by Crippen LogP contribution is 2.53. The molecule has 0 atom stereocenters. The Bertz CT molecular complexity index is 562. The van der Waals surface area contributed by atoms with E-state index in [4.69, 9.17) is 16.2 Å². The summed E-state index contributed by atoms with van der Waals surface area (Å²) in [5.74, 6) is -0.205. The van der Waals surface area contributed by atoms with Gasteiger partial charge in [0, 0.05) is 0 Å². The van der Waals surface area contributed by atoms with Crippen LogP contribution in [0.25, 0.3) is 0 Å². The van der Waals surface area contributed by atoms with Gasteiger partial charge in [-0.3, -0.25) is 9.59 Å². The van der Waals surface area contributed by atoms with Crippen LogP contribution in [-0.2, 0) is 14.3 Å². The summed E-state index contributed by atoms with van der Waals surface area (Å²) < 4.78 is 7.36. The molecule has 4 N–H and O–H groups in total. The molecule has 0 aromatic carbocycles. The summed E-state index contributed by atoms with van der Waals surface area (Å²) >= 11 is 0. The second-order valence-corrected chi connectivity index (χ2v) is 11.8. The summed E-state index contributed by atoms with van der Waals surface area (Å²) in [4.78, 5) is 27.3. The molecule has 0 aromatic heterocycles. The molecule has 0 spiro atoms. The van der Waals surface area contributed by atoms with Gasteiger partial charge in [0.15, 0.2) is 11.2 Å². The molecule has 0 heterocycles.